The Kier molecular flexibility index (Phi) is 3.39. The second-order valence-corrected chi connectivity index (χ2v) is 5.76. The van der Waals surface area contributed by atoms with Gasteiger partial charge >= 0.3 is 0 Å². The Labute approximate surface area is 115 Å². The van der Waals surface area contributed by atoms with Crippen LogP contribution in [0.5, 0.6) is 0 Å². The molecule has 0 unspecified atom stereocenters. The van der Waals surface area contributed by atoms with Crippen molar-refractivity contribution in [3.05, 3.63) is 71.3 Å². The van der Waals surface area contributed by atoms with Gasteiger partial charge in [-0.2, -0.15) is 0 Å². The molecule has 2 atom stereocenters. The molecular weight excluding hydrogens is 230 g/mol. The van der Waals surface area contributed by atoms with E-state index in [9.17, 15) is 0 Å². The van der Waals surface area contributed by atoms with Crippen molar-refractivity contribution >= 4 is 0 Å². The summed E-state index contributed by atoms with van der Waals surface area (Å²) in [6.07, 6.45) is 0. The number of benzene rings is 2. The molecule has 0 aliphatic carbocycles. The van der Waals surface area contributed by atoms with E-state index in [0.29, 0.717) is 11.8 Å². The molecule has 0 saturated heterocycles. The lowest BCUT2D eigenvalue weighted by Crippen LogP contribution is -2.23. The van der Waals surface area contributed by atoms with Gasteiger partial charge in [0.1, 0.15) is 0 Å². The Morgan fingerprint density at radius 2 is 1.63 bits per heavy atom. The molecule has 0 amide bonds. The van der Waals surface area contributed by atoms with Crippen LogP contribution in [-0.2, 0) is 6.54 Å². The molecule has 1 nitrogen and oxygen atoms in total. The minimum Gasteiger partial charge on any atom is -0.302 e. The first-order valence-electron chi connectivity index (χ1n) is 7.07. The topological polar surface area (TPSA) is 3.24 Å². The van der Waals surface area contributed by atoms with Crippen LogP contribution in [0.1, 0.15) is 29.5 Å². The molecule has 98 valence electrons. The highest BCUT2D eigenvalue weighted by molar-refractivity contribution is 5.39. The molecule has 3 rings (SSSR count). The summed E-state index contributed by atoms with van der Waals surface area (Å²) in [4.78, 5) is 2.44. The van der Waals surface area contributed by atoms with Gasteiger partial charge in [0.2, 0.25) is 0 Å². The number of hydrogen-bond donors (Lipinski definition) is 0. The molecule has 0 radical (unpaired) electrons. The van der Waals surface area contributed by atoms with Gasteiger partial charge in [-0.3, -0.25) is 0 Å². The molecule has 1 heterocycles. The van der Waals surface area contributed by atoms with E-state index in [1.807, 2.05) is 0 Å². The number of hydrogen-bond acceptors (Lipinski definition) is 1. The van der Waals surface area contributed by atoms with Crippen LogP contribution >= 0.6 is 0 Å². The van der Waals surface area contributed by atoms with Gasteiger partial charge in [0.15, 0.2) is 0 Å². The minimum atomic E-state index is 0.516. The van der Waals surface area contributed by atoms with Gasteiger partial charge in [-0.25, -0.2) is 0 Å². The minimum absolute atomic E-state index is 0.516. The Morgan fingerprint density at radius 3 is 2.42 bits per heavy atom. The summed E-state index contributed by atoms with van der Waals surface area (Å²) >= 11 is 0. The van der Waals surface area contributed by atoms with E-state index in [-0.39, 0.29) is 0 Å². The van der Waals surface area contributed by atoms with E-state index >= 15 is 0 Å². The van der Waals surface area contributed by atoms with E-state index in [1.165, 1.54) is 16.7 Å². The van der Waals surface area contributed by atoms with Crippen molar-refractivity contribution in [3.63, 3.8) is 0 Å². The fraction of sp³-hybridized carbons (Fsp3) is 0.333. The van der Waals surface area contributed by atoms with E-state index in [0.717, 1.165) is 13.1 Å². The van der Waals surface area contributed by atoms with Crippen LogP contribution in [0.4, 0.5) is 0 Å². The molecule has 0 bridgehead atoms. The highest BCUT2D eigenvalue weighted by Gasteiger charge is 2.27. The normalized spacial score (nSPS) is 23.7. The zero-order valence-electron chi connectivity index (χ0n) is 11.7. The van der Waals surface area contributed by atoms with E-state index in [2.05, 4.69) is 73.5 Å². The summed E-state index contributed by atoms with van der Waals surface area (Å²) in [5.74, 6) is 1.15. The number of fused-ring (bicyclic) bond motifs is 1. The lowest BCUT2D eigenvalue weighted by atomic mass is 9.80. The van der Waals surface area contributed by atoms with Crippen LogP contribution < -0.4 is 0 Å². The van der Waals surface area contributed by atoms with Gasteiger partial charge in [0.05, 0.1) is 0 Å². The quantitative estimate of drug-likeness (QED) is 0.743. The average Bonchev–Trinajstić information content (AvgIpc) is 2.54. The second-order valence-electron chi connectivity index (χ2n) is 5.76. The number of nitrogens with zero attached hydrogens (tertiary/aromatic N) is 1. The maximum absolute atomic E-state index is 2.44. The van der Waals surface area contributed by atoms with Crippen LogP contribution in [0.3, 0.4) is 0 Å². The second kappa shape index (κ2) is 5.18. The van der Waals surface area contributed by atoms with Gasteiger partial charge in [0.25, 0.3) is 0 Å². The summed E-state index contributed by atoms with van der Waals surface area (Å²) in [6, 6.07) is 19.9. The van der Waals surface area contributed by atoms with Gasteiger partial charge in [-0.15, -0.1) is 0 Å². The molecule has 0 N–H and O–H groups in total. The summed E-state index contributed by atoms with van der Waals surface area (Å²) < 4.78 is 0. The zero-order valence-corrected chi connectivity index (χ0v) is 11.7. The summed E-state index contributed by atoms with van der Waals surface area (Å²) in [5.41, 5.74) is 4.42. The largest absolute Gasteiger partial charge is 0.302 e. The molecule has 19 heavy (non-hydrogen) atoms. The van der Waals surface area contributed by atoms with Crippen molar-refractivity contribution in [2.45, 2.75) is 19.4 Å². The molecule has 2 aromatic rings. The predicted octanol–water partition coefficient (Wildman–Crippen LogP) is 3.90. The lowest BCUT2D eigenvalue weighted by Gasteiger charge is -2.25. The molecule has 1 heteroatoms. The van der Waals surface area contributed by atoms with E-state index < -0.39 is 0 Å². The molecule has 0 saturated carbocycles. The Balaban J connectivity index is 2.11. The highest BCUT2D eigenvalue weighted by atomic mass is 15.1. The fourth-order valence-electron chi connectivity index (χ4n) is 3.41. The van der Waals surface area contributed by atoms with Crippen LogP contribution in [0, 0.1) is 5.92 Å². The van der Waals surface area contributed by atoms with Gasteiger partial charge in [0, 0.05) is 19.0 Å². The van der Waals surface area contributed by atoms with E-state index in [4.69, 9.17) is 0 Å². The summed E-state index contributed by atoms with van der Waals surface area (Å²) in [5, 5.41) is 0. The first-order valence-corrected chi connectivity index (χ1v) is 7.07. The molecule has 0 spiro atoms. The van der Waals surface area contributed by atoms with Crippen molar-refractivity contribution < 1.29 is 0 Å². The van der Waals surface area contributed by atoms with Crippen LogP contribution in [0.15, 0.2) is 54.6 Å². The molecule has 0 fully saturated rings. The maximum atomic E-state index is 2.44. The molecule has 1 aliphatic rings. The SMILES string of the molecule is C[C@@H]1CN(C)Cc2ccccc2[C@H]1c1ccccc1. The van der Waals surface area contributed by atoms with Crippen molar-refractivity contribution in [1.82, 2.24) is 4.90 Å². The summed E-state index contributed by atoms with van der Waals surface area (Å²) in [6.45, 7) is 4.58. The third-order valence-electron chi connectivity index (χ3n) is 4.16. The smallest absolute Gasteiger partial charge is 0.0233 e. The Morgan fingerprint density at radius 1 is 0.947 bits per heavy atom. The highest BCUT2D eigenvalue weighted by Crippen LogP contribution is 2.36. The van der Waals surface area contributed by atoms with Crippen molar-refractivity contribution in [2.75, 3.05) is 13.6 Å². The van der Waals surface area contributed by atoms with Crippen molar-refractivity contribution in [2.24, 2.45) is 5.92 Å². The Bertz CT molecular complexity index is 547. The Hall–Kier alpha value is -1.60. The monoisotopic (exact) mass is 251 g/mol. The third kappa shape index (κ3) is 2.43. The van der Waals surface area contributed by atoms with Crippen molar-refractivity contribution in [1.29, 1.82) is 0 Å². The first-order chi connectivity index (χ1) is 9.25. The third-order valence-corrected chi connectivity index (χ3v) is 4.16. The standard InChI is InChI=1S/C18H21N/c1-14-12-19(2)13-16-10-6-7-11-17(16)18(14)15-8-4-3-5-9-15/h3-11,14,18H,12-13H2,1-2H3/t14-,18-/m1/s1. The van der Waals surface area contributed by atoms with Gasteiger partial charge < -0.3 is 4.90 Å². The molecule has 0 aromatic heterocycles. The lowest BCUT2D eigenvalue weighted by molar-refractivity contribution is 0.281. The predicted molar refractivity (Wildman–Crippen MR) is 80.2 cm³/mol. The van der Waals surface area contributed by atoms with Crippen LogP contribution in [0.2, 0.25) is 0 Å². The molecular formula is C18H21N. The summed E-state index contributed by atoms with van der Waals surface area (Å²) in [7, 11) is 2.22. The fourth-order valence-corrected chi connectivity index (χ4v) is 3.41. The zero-order chi connectivity index (χ0) is 13.2. The van der Waals surface area contributed by atoms with Crippen LogP contribution in [0.25, 0.3) is 0 Å². The van der Waals surface area contributed by atoms with Gasteiger partial charge in [-0.05, 0) is 29.7 Å². The van der Waals surface area contributed by atoms with Crippen molar-refractivity contribution in [3.8, 4) is 0 Å². The molecule has 2 aromatic carbocycles. The average molecular weight is 251 g/mol. The maximum Gasteiger partial charge on any atom is 0.0233 e. The molecule has 1 aliphatic heterocycles. The number of rotatable bonds is 1. The van der Waals surface area contributed by atoms with Gasteiger partial charge in [-0.1, -0.05) is 61.5 Å². The first kappa shape index (κ1) is 12.4. The van der Waals surface area contributed by atoms with E-state index in [1.54, 1.807) is 0 Å². The van der Waals surface area contributed by atoms with Crippen LogP contribution in [-0.4, -0.2) is 18.5 Å².